The van der Waals surface area contributed by atoms with Crippen LogP contribution in [0.2, 0.25) is 5.02 Å². The molecule has 1 aromatic carbocycles. The standard InChI is InChI=1S/C10H9ClN2O3/c1-2-10(13-12,9(15)16)7-4-3-6(11)5-8(7)14/h3-5H,2H2,1H3,(H-,14,15,16)/p+1. The van der Waals surface area contributed by atoms with E-state index in [0.717, 1.165) is 0 Å². The van der Waals surface area contributed by atoms with Crippen molar-refractivity contribution in [1.82, 2.24) is 0 Å². The molecule has 16 heavy (non-hydrogen) atoms. The van der Waals surface area contributed by atoms with Gasteiger partial charge in [-0.05, 0) is 18.2 Å². The Bertz CT molecular complexity index is 470. The molecule has 1 atom stereocenters. The van der Waals surface area contributed by atoms with Crippen LogP contribution in [0.15, 0.2) is 18.2 Å². The fourth-order valence-electron chi connectivity index (χ4n) is 1.48. The van der Waals surface area contributed by atoms with Gasteiger partial charge in [-0.3, -0.25) is 0 Å². The number of phenols is 1. The summed E-state index contributed by atoms with van der Waals surface area (Å²) in [6.45, 7) is 1.54. The number of carbonyl (C=O) groups is 1. The molecule has 0 radical (unpaired) electrons. The van der Waals surface area contributed by atoms with Crippen LogP contribution >= 0.6 is 11.6 Å². The van der Waals surface area contributed by atoms with Crippen LogP contribution in [-0.4, -0.2) is 16.2 Å². The lowest BCUT2D eigenvalue weighted by Crippen LogP contribution is -2.31. The smallest absolute Gasteiger partial charge is 0.444 e. The average Bonchev–Trinajstić information content (AvgIpc) is 2.22. The minimum atomic E-state index is -1.85. The van der Waals surface area contributed by atoms with Crippen molar-refractivity contribution in [3.05, 3.63) is 33.8 Å². The van der Waals surface area contributed by atoms with E-state index in [0.29, 0.717) is 0 Å². The molecule has 0 bridgehead atoms. The maximum Gasteiger partial charge on any atom is 0.444 e. The fourth-order valence-corrected chi connectivity index (χ4v) is 1.65. The van der Waals surface area contributed by atoms with E-state index in [1.54, 1.807) is 6.92 Å². The molecule has 1 aromatic rings. The van der Waals surface area contributed by atoms with E-state index in [1.165, 1.54) is 18.2 Å². The van der Waals surface area contributed by atoms with Gasteiger partial charge in [0.15, 0.2) is 0 Å². The van der Waals surface area contributed by atoms with E-state index in [9.17, 15) is 9.90 Å². The Hall–Kier alpha value is -1.80. The molecule has 1 rings (SSSR count). The number of aromatic hydroxyl groups is 1. The molecule has 0 aliphatic heterocycles. The number of hydrogen-bond donors (Lipinski definition) is 2. The number of hydrogen-bond acceptors (Lipinski definition) is 3. The lowest BCUT2D eigenvalue weighted by Gasteiger charge is -2.10. The minimum Gasteiger partial charge on any atom is -0.507 e. The highest BCUT2D eigenvalue weighted by Gasteiger charge is 2.55. The quantitative estimate of drug-likeness (QED) is 0.797. The van der Waals surface area contributed by atoms with Crippen LogP contribution in [-0.2, 0) is 10.3 Å². The van der Waals surface area contributed by atoms with Crippen LogP contribution in [0.5, 0.6) is 5.75 Å². The first kappa shape index (κ1) is 12.3. The number of halogens is 1. The second-order valence-corrected chi connectivity index (χ2v) is 3.72. The van der Waals surface area contributed by atoms with E-state index in [4.69, 9.17) is 22.1 Å². The predicted molar refractivity (Wildman–Crippen MR) is 57.8 cm³/mol. The molecule has 0 aromatic heterocycles. The van der Waals surface area contributed by atoms with E-state index in [-0.39, 0.29) is 22.8 Å². The zero-order valence-electron chi connectivity index (χ0n) is 8.51. The number of rotatable bonds is 3. The van der Waals surface area contributed by atoms with Gasteiger partial charge in [-0.15, -0.1) is 0 Å². The normalized spacial score (nSPS) is 13.8. The van der Waals surface area contributed by atoms with Crippen LogP contribution in [0.3, 0.4) is 0 Å². The summed E-state index contributed by atoms with van der Waals surface area (Å²) in [5.74, 6) is -1.65. The van der Waals surface area contributed by atoms with Gasteiger partial charge in [0.05, 0.1) is 5.56 Å². The minimum absolute atomic E-state index is 0.00796. The Balaban J connectivity index is 3.45. The maximum atomic E-state index is 11.1. The number of nitrogens with zero attached hydrogens (tertiary/aromatic N) is 2. The summed E-state index contributed by atoms with van der Waals surface area (Å²) in [6.07, 6.45) is 0.00796. The molecule has 6 heteroatoms. The van der Waals surface area contributed by atoms with Gasteiger partial charge in [-0.1, -0.05) is 18.5 Å². The van der Waals surface area contributed by atoms with Crippen LogP contribution in [0.4, 0.5) is 0 Å². The van der Waals surface area contributed by atoms with Gasteiger partial charge < -0.3 is 10.2 Å². The molecule has 0 aliphatic rings. The molecule has 5 nitrogen and oxygen atoms in total. The molecular formula is C10H10ClN2O3+. The topological polar surface area (TPSA) is 85.7 Å². The predicted octanol–water partition coefficient (Wildman–Crippen LogP) is 2.59. The Morgan fingerprint density at radius 3 is 2.62 bits per heavy atom. The molecule has 2 N–H and O–H groups in total. The Labute approximate surface area is 96.9 Å². The summed E-state index contributed by atoms with van der Waals surface area (Å²) < 4.78 is 0. The third-order valence-electron chi connectivity index (χ3n) is 2.44. The maximum absolute atomic E-state index is 11.1. The lowest BCUT2D eigenvalue weighted by molar-refractivity contribution is -0.142. The highest BCUT2D eigenvalue weighted by Crippen LogP contribution is 2.37. The van der Waals surface area contributed by atoms with Gasteiger partial charge in [0.1, 0.15) is 10.7 Å². The van der Waals surface area contributed by atoms with Crippen molar-refractivity contribution in [1.29, 1.82) is 5.39 Å². The van der Waals surface area contributed by atoms with E-state index in [1.807, 2.05) is 0 Å². The highest BCUT2D eigenvalue weighted by atomic mass is 35.5. The van der Waals surface area contributed by atoms with Crippen LogP contribution < -0.4 is 0 Å². The van der Waals surface area contributed by atoms with Crippen molar-refractivity contribution in [2.45, 2.75) is 18.9 Å². The van der Waals surface area contributed by atoms with E-state index in [2.05, 4.69) is 4.98 Å². The molecule has 0 aliphatic carbocycles. The van der Waals surface area contributed by atoms with Crippen molar-refractivity contribution in [2.75, 3.05) is 0 Å². The van der Waals surface area contributed by atoms with Gasteiger partial charge in [-0.2, -0.15) is 0 Å². The number of aliphatic carboxylic acids is 1. The monoisotopic (exact) mass is 241 g/mol. The molecule has 0 amide bonds. The third-order valence-corrected chi connectivity index (χ3v) is 2.68. The van der Waals surface area contributed by atoms with Gasteiger partial charge in [0.2, 0.25) is 5.39 Å². The second kappa shape index (κ2) is 4.37. The third kappa shape index (κ3) is 1.79. The van der Waals surface area contributed by atoms with Gasteiger partial charge in [0, 0.05) is 11.4 Å². The van der Waals surface area contributed by atoms with Crippen LogP contribution in [0.1, 0.15) is 18.9 Å². The van der Waals surface area contributed by atoms with Crippen molar-refractivity contribution >= 4 is 17.6 Å². The summed E-state index contributed by atoms with van der Waals surface area (Å²) in [4.78, 5) is 14.0. The first-order valence-corrected chi connectivity index (χ1v) is 4.94. The average molecular weight is 242 g/mol. The summed E-state index contributed by atoms with van der Waals surface area (Å²) in [5.41, 5.74) is -1.84. The lowest BCUT2D eigenvalue weighted by atomic mass is 9.87. The zero-order chi connectivity index (χ0) is 12.3. The first-order chi connectivity index (χ1) is 7.47. The molecule has 1 unspecified atom stereocenters. The molecule has 84 valence electrons. The number of phenolic OH excluding ortho intramolecular Hbond substituents is 1. The first-order valence-electron chi connectivity index (χ1n) is 4.56. The second-order valence-electron chi connectivity index (χ2n) is 3.28. The molecule has 0 saturated carbocycles. The number of carboxylic acid groups (broad SMARTS) is 1. The molecule has 0 saturated heterocycles. The highest BCUT2D eigenvalue weighted by molar-refractivity contribution is 6.30. The SMILES string of the molecule is CCC([N+]#N)(C(=O)O)c1ccc(Cl)cc1O. The Morgan fingerprint density at radius 2 is 2.25 bits per heavy atom. The largest absolute Gasteiger partial charge is 0.507 e. The van der Waals surface area contributed by atoms with Gasteiger partial charge >= 0.3 is 11.5 Å². The molecule has 0 fully saturated rings. The van der Waals surface area contributed by atoms with Crippen molar-refractivity contribution in [2.24, 2.45) is 0 Å². The van der Waals surface area contributed by atoms with Crippen molar-refractivity contribution in [3.8, 4) is 5.75 Å². The van der Waals surface area contributed by atoms with E-state index >= 15 is 0 Å². The van der Waals surface area contributed by atoms with Gasteiger partial charge in [0.25, 0.3) is 0 Å². The molecule has 0 heterocycles. The van der Waals surface area contributed by atoms with Crippen molar-refractivity contribution < 1.29 is 15.0 Å². The number of carboxylic acids is 1. The summed E-state index contributed by atoms with van der Waals surface area (Å²) in [6, 6.07) is 3.96. The number of benzene rings is 1. The summed E-state index contributed by atoms with van der Waals surface area (Å²) in [7, 11) is 0. The van der Waals surface area contributed by atoms with Gasteiger partial charge in [-0.25, -0.2) is 4.79 Å². The Kier molecular flexibility index (Phi) is 3.35. The summed E-state index contributed by atoms with van der Waals surface area (Å²) in [5, 5.41) is 27.9. The molecule has 0 spiro atoms. The summed E-state index contributed by atoms with van der Waals surface area (Å²) >= 11 is 5.63. The zero-order valence-corrected chi connectivity index (χ0v) is 9.27. The van der Waals surface area contributed by atoms with Crippen LogP contribution in [0, 0.1) is 5.39 Å². The fraction of sp³-hybridized carbons (Fsp3) is 0.300. The van der Waals surface area contributed by atoms with Crippen LogP contribution in [0.25, 0.3) is 4.98 Å². The Morgan fingerprint density at radius 1 is 1.62 bits per heavy atom. The number of diazo groups is 1. The van der Waals surface area contributed by atoms with E-state index < -0.39 is 11.5 Å². The van der Waals surface area contributed by atoms with Crippen molar-refractivity contribution in [3.63, 3.8) is 0 Å². The molecular weight excluding hydrogens is 232 g/mol.